The van der Waals surface area contributed by atoms with Crippen LogP contribution in [-0.2, 0) is 4.74 Å². The number of ether oxygens (including phenoxy) is 1. The Labute approximate surface area is 200 Å². The summed E-state index contributed by atoms with van der Waals surface area (Å²) >= 11 is 0. The zero-order valence-corrected chi connectivity index (χ0v) is 20.2. The summed E-state index contributed by atoms with van der Waals surface area (Å²) in [6, 6.07) is 8.69. The molecule has 0 unspecified atom stereocenters. The minimum absolute atomic E-state index is 0.00709. The Balaban J connectivity index is 1.49. The summed E-state index contributed by atoms with van der Waals surface area (Å²) in [5.41, 5.74) is 4.41. The molecule has 1 saturated carbocycles. The van der Waals surface area contributed by atoms with E-state index in [1.807, 2.05) is 35.8 Å². The van der Waals surface area contributed by atoms with Crippen molar-refractivity contribution in [3.05, 3.63) is 41.6 Å². The van der Waals surface area contributed by atoms with E-state index >= 15 is 0 Å². The van der Waals surface area contributed by atoms with Crippen molar-refractivity contribution in [2.45, 2.75) is 58.5 Å². The first-order chi connectivity index (χ1) is 16.5. The van der Waals surface area contributed by atoms with Gasteiger partial charge < -0.3 is 20.7 Å². The number of carbonyl (C=O) groups excluding carboxylic acids is 1. The number of nitrogens with one attached hydrogen (secondary N) is 3. The van der Waals surface area contributed by atoms with E-state index in [2.05, 4.69) is 41.0 Å². The van der Waals surface area contributed by atoms with Crippen LogP contribution in [0.4, 0.5) is 11.6 Å². The van der Waals surface area contributed by atoms with E-state index in [0.717, 1.165) is 85.0 Å². The number of rotatable bonds is 8. The third-order valence-corrected chi connectivity index (χ3v) is 6.43. The van der Waals surface area contributed by atoms with Crippen molar-refractivity contribution in [2.75, 3.05) is 30.4 Å². The zero-order valence-electron chi connectivity index (χ0n) is 20.2. The molecule has 2 aromatic heterocycles. The molecule has 0 spiro atoms. The fourth-order valence-electron chi connectivity index (χ4n) is 4.30. The Kier molecular flexibility index (Phi) is 6.41. The smallest absolute Gasteiger partial charge is 0.251 e. The molecular formula is C26H34N6O2. The van der Waals surface area contributed by atoms with Crippen LogP contribution in [-0.4, -0.2) is 52.3 Å². The summed E-state index contributed by atoms with van der Waals surface area (Å²) in [7, 11) is 0. The number of amides is 1. The van der Waals surface area contributed by atoms with Gasteiger partial charge in [0.1, 0.15) is 11.6 Å². The van der Waals surface area contributed by atoms with Crippen molar-refractivity contribution in [3.63, 3.8) is 0 Å². The molecule has 5 rings (SSSR count). The van der Waals surface area contributed by atoms with Gasteiger partial charge in [-0.2, -0.15) is 9.61 Å². The minimum Gasteiger partial charge on any atom is -0.381 e. The summed E-state index contributed by atoms with van der Waals surface area (Å²) in [6.45, 7) is 8.75. The van der Waals surface area contributed by atoms with E-state index in [1.165, 1.54) is 0 Å². The Hall–Kier alpha value is -3.13. The van der Waals surface area contributed by atoms with E-state index in [-0.39, 0.29) is 5.91 Å². The first kappa shape index (κ1) is 22.7. The predicted molar refractivity (Wildman–Crippen MR) is 134 cm³/mol. The first-order valence-electron chi connectivity index (χ1n) is 12.4. The third kappa shape index (κ3) is 5.01. The second-order valence-corrected chi connectivity index (χ2v) is 9.90. The van der Waals surface area contributed by atoms with Crippen LogP contribution in [0.25, 0.3) is 16.8 Å². The second kappa shape index (κ2) is 9.62. The van der Waals surface area contributed by atoms with Gasteiger partial charge in [-0.05, 0) is 55.7 Å². The highest BCUT2D eigenvalue weighted by atomic mass is 16.5. The van der Waals surface area contributed by atoms with E-state index < -0.39 is 0 Å². The molecule has 1 amide bonds. The molecule has 2 aliphatic rings. The monoisotopic (exact) mass is 462 g/mol. The van der Waals surface area contributed by atoms with Gasteiger partial charge in [0.25, 0.3) is 5.91 Å². The van der Waals surface area contributed by atoms with Crippen LogP contribution in [0.3, 0.4) is 0 Å². The fourth-order valence-corrected chi connectivity index (χ4v) is 4.30. The lowest BCUT2D eigenvalue weighted by Crippen LogP contribution is -2.28. The maximum absolute atomic E-state index is 12.6. The van der Waals surface area contributed by atoms with Gasteiger partial charge in [-0.3, -0.25) is 4.79 Å². The Bertz CT molecular complexity index is 1180. The molecule has 8 nitrogen and oxygen atoms in total. The van der Waals surface area contributed by atoms with Crippen LogP contribution in [0.2, 0.25) is 0 Å². The molecule has 3 heterocycles. The highest BCUT2D eigenvalue weighted by Crippen LogP contribution is 2.30. The van der Waals surface area contributed by atoms with Crippen LogP contribution in [0.1, 0.15) is 55.5 Å². The van der Waals surface area contributed by atoms with Gasteiger partial charge in [-0.1, -0.05) is 26.0 Å². The molecular weight excluding hydrogens is 428 g/mol. The highest BCUT2D eigenvalue weighted by molar-refractivity contribution is 5.97. The van der Waals surface area contributed by atoms with Crippen LogP contribution in [0.15, 0.2) is 30.5 Å². The summed E-state index contributed by atoms with van der Waals surface area (Å²) < 4.78 is 7.38. The largest absolute Gasteiger partial charge is 0.381 e. The van der Waals surface area contributed by atoms with Crippen molar-refractivity contribution in [1.82, 2.24) is 19.9 Å². The number of aromatic nitrogens is 3. The summed E-state index contributed by atoms with van der Waals surface area (Å²) in [4.78, 5) is 17.5. The van der Waals surface area contributed by atoms with E-state index in [9.17, 15) is 4.79 Å². The molecule has 34 heavy (non-hydrogen) atoms. The van der Waals surface area contributed by atoms with Gasteiger partial charge in [0.15, 0.2) is 5.65 Å². The van der Waals surface area contributed by atoms with Gasteiger partial charge in [0, 0.05) is 49.0 Å². The topological polar surface area (TPSA) is 92.6 Å². The second-order valence-electron chi connectivity index (χ2n) is 9.90. The van der Waals surface area contributed by atoms with Crippen LogP contribution in [0, 0.1) is 12.8 Å². The molecule has 0 bridgehead atoms. The molecule has 180 valence electrons. The van der Waals surface area contributed by atoms with Crippen molar-refractivity contribution in [3.8, 4) is 11.1 Å². The molecule has 1 aromatic carbocycles. The summed E-state index contributed by atoms with van der Waals surface area (Å²) in [5, 5.41) is 14.9. The van der Waals surface area contributed by atoms with Gasteiger partial charge >= 0.3 is 0 Å². The Morgan fingerprint density at radius 1 is 1.15 bits per heavy atom. The lowest BCUT2D eigenvalue weighted by Gasteiger charge is -2.24. The summed E-state index contributed by atoms with van der Waals surface area (Å²) in [5.74, 6) is 2.26. The molecule has 3 aromatic rings. The Morgan fingerprint density at radius 2 is 1.94 bits per heavy atom. The number of nitrogens with zero attached hydrogens (tertiary/aromatic N) is 3. The molecule has 1 saturated heterocycles. The molecule has 0 atom stereocenters. The minimum atomic E-state index is 0.00709. The molecule has 1 aliphatic carbocycles. The van der Waals surface area contributed by atoms with Crippen LogP contribution in [0.5, 0.6) is 0 Å². The molecule has 3 N–H and O–H groups in total. The van der Waals surface area contributed by atoms with Gasteiger partial charge in [-0.15, -0.1) is 0 Å². The van der Waals surface area contributed by atoms with Crippen molar-refractivity contribution in [2.24, 2.45) is 5.92 Å². The maximum Gasteiger partial charge on any atom is 0.251 e. The van der Waals surface area contributed by atoms with E-state index in [1.54, 1.807) is 0 Å². The molecule has 1 aliphatic heterocycles. The number of hydrogen-bond donors (Lipinski definition) is 3. The average molecular weight is 463 g/mol. The quantitative estimate of drug-likeness (QED) is 0.463. The van der Waals surface area contributed by atoms with Crippen LogP contribution >= 0.6 is 0 Å². The van der Waals surface area contributed by atoms with Gasteiger partial charge in [0.05, 0.1) is 6.20 Å². The molecule has 2 fully saturated rings. The van der Waals surface area contributed by atoms with Crippen molar-refractivity contribution < 1.29 is 9.53 Å². The Morgan fingerprint density at radius 3 is 2.65 bits per heavy atom. The lowest BCUT2D eigenvalue weighted by atomic mass is 10.0. The first-order valence-corrected chi connectivity index (χ1v) is 12.4. The maximum atomic E-state index is 12.6. The SMILES string of the molecule is Cc1cc(-c2cnn3c(NCC(C)C)cc(NC4CCOCC4)nc23)ccc1C(=O)NC1CC1. The summed E-state index contributed by atoms with van der Waals surface area (Å²) in [6.07, 6.45) is 5.96. The standard InChI is InChI=1S/C26H34N6O2/c1-16(2)14-27-24-13-23(29-20-8-10-34-11-9-20)31-25-22(15-28-32(24)25)18-4-7-21(17(3)12-18)26(33)30-19-5-6-19/h4,7,12-13,15-16,19-20,27H,5-6,8-11,14H2,1-3H3,(H,29,31)(H,30,33). The highest BCUT2D eigenvalue weighted by Gasteiger charge is 2.25. The fraction of sp³-hybridized carbons (Fsp3) is 0.500. The number of aryl methyl sites for hydroxylation is 1. The van der Waals surface area contributed by atoms with Gasteiger partial charge in [0.2, 0.25) is 0 Å². The number of anilines is 2. The normalized spacial score (nSPS) is 16.7. The van der Waals surface area contributed by atoms with Crippen LogP contribution < -0.4 is 16.0 Å². The number of fused-ring (bicyclic) bond motifs is 1. The molecule has 8 heteroatoms. The number of benzene rings is 1. The average Bonchev–Trinajstić information content (AvgIpc) is 3.53. The zero-order chi connectivity index (χ0) is 23.7. The van der Waals surface area contributed by atoms with Gasteiger partial charge in [-0.25, -0.2) is 4.98 Å². The molecule has 0 radical (unpaired) electrons. The lowest BCUT2D eigenvalue weighted by molar-refractivity contribution is 0.0903. The third-order valence-electron chi connectivity index (χ3n) is 6.43. The number of hydrogen-bond acceptors (Lipinski definition) is 6. The van der Waals surface area contributed by atoms with Crippen molar-refractivity contribution >= 4 is 23.2 Å². The predicted octanol–water partition coefficient (Wildman–Crippen LogP) is 4.26. The number of carbonyl (C=O) groups is 1. The van der Waals surface area contributed by atoms with Crippen molar-refractivity contribution in [1.29, 1.82) is 0 Å². The van der Waals surface area contributed by atoms with E-state index in [0.29, 0.717) is 18.0 Å². The van der Waals surface area contributed by atoms with E-state index in [4.69, 9.17) is 9.72 Å².